The first-order chi connectivity index (χ1) is 14.9. The summed E-state index contributed by atoms with van der Waals surface area (Å²) in [7, 11) is 0. The number of rotatable bonds is 7. The maximum absolute atomic E-state index is 13.8. The van der Waals surface area contributed by atoms with Crippen LogP contribution >= 0.6 is 0 Å². The molecule has 2 aromatic carbocycles. The molecule has 1 aliphatic carbocycles. The summed E-state index contributed by atoms with van der Waals surface area (Å²) < 4.78 is 13.8. The predicted octanol–water partition coefficient (Wildman–Crippen LogP) is 5.39. The summed E-state index contributed by atoms with van der Waals surface area (Å²) in [5, 5.41) is 6.03. The second kappa shape index (κ2) is 9.94. The zero-order valence-electron chi connectivity index (χ0n) is 18.6. The second-order valence-electron chi connectivity index (χ2n) is 8.22. The number of hydrogen-bond donors (Lipinski definition) is 2. The molecule has 1 unspecified atom stereocenters. The first kappa shape index (κ1) is 22.8. The Kier molecular flexibility index (Phi) is 7.31. The van der Waals surface area contributed by atoms with Gasteiger partial charge in [-0.05, 0) is 69.0 Å². The zero-order chi connectivity index (χ0) is 22.4. The summed E-state index contributed by atoms with van der Waals surface area (Å²) in [5.41, 5.74) is 1.74. The van der Waals surface area contributed by atoms with Crippen molar-refractivity contribution in [3.05, 3.63) is 65.5 Å². The van der Waals surface area contributed by atoms with Crippen molar-refractivity contribution in [2.24, 2.45) is 0 Å². The maximum Gasteiger partial charge on any atom is 0.321 e. The Morgan fingerprint density at radius 1 is 1.06 bits per heavy atom. The first-order valence-electron chi connectivity index (χ1n) is 11.1. The molecule has 0 aromatic heterocycles. The summed E-state index contributed by atoms with van der Waals surface area (Å²) in [4.78, 5) is 27.2. The van der Waals surface area contributed by atoms with Crippen molar-refractivity contribution in [1.82, 2.24) is 10.2 Å². The summed E-state index contributed by atoms with van der Waals surface area (Å²) in [5.74, 6) is -0.367. The second-order valence-corrected chi connectivity index (χ2v) is 8.22. The van der Waals surface area contributed by atoms with E-state index in [1.165, 1.54) is 12.1 Å². The van der Waals surface area contributed by atoms with E-state index in [9.17, 15) is 14.0 Å². The monoisotopic (exact) mass is 425 g/mol. The third-order valence-corrected chi connectivity index (χ3v) is 6.33. The average molecular weight is 426 g/mol. The molecule has 1 fully saturated rings. The first-order valence-corrected chi connectivity index (χ1v) is 11.1. The number of halogens is 1. The molecule has 1 atom stereocenters. The maximum atomic E-state index is 13.8. The molecule has 0 saturated heterocycles. The number of hydrogen-bond acceptors (Lipinski definition) is 2. The number of nitrogens with zero attached hydrogens (tertiary/aromatic N) is 1. The largest absolute Gasteiger partial charge is 0.349 e. The van der Waals surface area contributed by atoms with Gasteiger partial charge in [-0.25, -0.2) is 9.18 Å². The van der Waals surface area contributed by atoms with Crippen LogP contribution in [0.15, 0.2) is 48.5 Å². The summed E-state index contributed by atoms with van der Waals surface area (Å²) in [6.45, 7) is 7.12. The van der Waals surface area contributed by atoms with Crippen molar-refractivity contribution in [3.8, 4) is 0 Å². The fourth-order valence-corrected chi connectivity index (χ4v) is 4.40. The fourth-order valence-electron chi connectivity index (χ4n) is 4.40. The van der Waals surface area contributed by atoms with E-state index in [0.29, 0.717) is 18.8 Å². The lowest BCUT2D eigenvalue weighted by Crippen LogP contribution is -2.43. The molecule has 5 nitrogen and oxygen atoms in total. The van der Waals surface area contributed by atoms with Crippen molar-refractivity contribution in [3.63, 3.8) is 0 Å². The third kappa shape index (κ3) is 5.06. The highest BCUT2D eigenvalue weighted by Gasteiger charge is 2.43. The minimum absolute atomic E-state index is 0.0537. The predicted molar refractivity (Wildman–Crippen MR) is 121 cm³/mol. The van der Waals surface area contributed by atoms with Gasteiger partial charge in [0, 0.05) is 18.8 Å². The Bertz CT molecular complexity index is 903. The van der Waals surface area contributed by atoms with Crippen LogP contribution < -0.4 is 10.6 Å². The van der Waals surface area contributed by atoms with Gasteiger partial charge in [-0.1, -0.05) is 37.1 Å². The van der Waals surface area contributed by atoms with Gasteiger partial charge in [-0.2, -0.15) is 0 Å². The molecule has 3 amide bonds. The van der Waals surface area contributed by atoms with Gasteiger partial charge in [0.15, 0.2) is 0 Å². The number of carbonyl (C=O) groups is 2. The highest BCUT2D eigenvalue weighted by atomic mass is 19.1. The van der Waals surface area contributed by atoms with E-state index in [-0.39, 0.29) is 23.8 Å². The third-order valence-electron chi connectivity index (χ3n) is 6.33. The van der Waals surface area contributed by atoms with Gasteiger partial charge in [-0.15, -0.1) is 0 Å². The van der Waals surface area contributed by atoms with Crippen LogP contribution in [-0.4, -0.2) is 29.9 Å². The number of carbonyl (C=O) groups excluding carboxylic acids is 2. The van der Waals surface area contributed by atoms with Gasteiger partial charge < -0.3 is 15.5 Å². The molecule has 2 N–H and O–H groups in total. The van der Waals surface area contributed by atoms with E-state index in [0.717, 1.165) is 36.8 Å². The Hall–Kier alpha value is -2.89. The van der Waals surface area contributed by atoms with Crippen LogP contribution in [0.25, 0.3) is 0 Å². The van der Waals surface area contributed by atoms with E-state index in [1.54, 1.807) is 11.0 Å². The molecule has 0 spiro atoms. The molecule has 166 valence electrons. The number of nitrogens with one attached hydrogen (secondary N) is 2. The Morgan fingerprint density at radius 2 is 1.71 bits per heavy atom. The van der Waals surface area contributed by atoms with Crippen LogP contribution in [0.3, 0.4) is 0 Å². The van der Waals surface area contributed by atoms with E-state index >= 15 is 0 Å². The molecule has 2 aromatic rings. The number of benzene rings is 2. The van der Waals surface area contributed by atoms with Gasteiger partial charge in [0.25, 0.3) is 0 Å². The van der Waals surface area contributed by atoms with Crippen molar-refractivity contribution < 1.29 is 14.0 Å². The van der Waals surface area contributed by atoms with Crippen LogP contribution in [0.5, 0.6) is 0 Å². The zero-order valence-corrected chi connectivity index (χ0v) is 18.6. The molecule has 6 heteroatoms. The smallest absolute Gasteiger partial charge is 0.321 e. The Labute approximate surface area is 184 Å². The van der Waals surface area contributed by atoms with E-state index in [2.05, 4.69) is 10.6 Å². The van der Waals surface area contributed by atoms with Crippen LogP contribution in [-0.2, 0) is 10.2 Å². The molecule has 3 rings (SSSR count). The Morgan fingerprint density at radius 3 is 2.29 bits per heavy atom. The normalized spacial score (nSPS) is 15.9. The average Bonchev–Trinajstić information content (AvgIpc) is 3.26. The standard InChI is InChI=1S/C25H32FN3O2/c1-4-29(5-2)24(31)28-22-13-11-19(12-14-22)18(3)27-23(30)25(15-6-7-16-25)20-9-8-10-21(26)17-20/h8-14,17-18H,4-7,15-16H2,1-3H3,(H,27,30)(H,28,31). The van der Waals surface area contributed by atoms with E-state index in [4.69, 9.17) is 0 Å². The Balaban J connectivity index is 1.69. The van der Waals surface area contributed by atoms with Gasteiger partial charge in [0.05, 0.1) is 11.5 Å². The molecule has 1 saturated carbocycles. The van der Waals surface area contributed by atoms with Gasteiger partial charge >= 0.3 is 6.03 Å². The van der Waals surface area contributed by atoms with E-state index in [1.807, 2.05) is 51.1 Å². The quantitative estimate of drug-likeness (QED) is 0.625. The highest BCUT2D eigenvalue weighted by Crippen LogP contribution is 2.42. The lowest BCUT2D eigenvalue weighted by atomic mass is 9.77. The molecule has 0 aliphatic heterocycles. The molecular weight excluding hydrogens is 393 g/mol. The topological polar surface area (TPSA) is 61.4 Å². The summed E-state index contributed by atoms with van der Waals surface area (Å²) in [6.07, 6.45) is 3.37. The number of anilines is 1. The van der Waals surface area contributed by atoms with E-state index < -0.39 is 5.41 Å². The minimum atomic E-state index is -0.673. The molecule has 0 heterocycles. The SMILES string of the molecule is CCN(CC)C(=O)Nc1ccc(C(C)NC(=O)C2(c3cccc(F)c3)CCCC2)cc1. The van der Waals surface area contributed by atoms with Gasteiger partial charge in [-0.3, -0.25) is 4.79 Å². The molecule has 0 bridgehead atoms. The van der Waals surface area contributed by atoms with Crippen LogP contribution in [0.1, 0.15) is 63.6 Å². The minimum Gasteiger partial charge on any atom is -0.349 e. The number of urea groups is 1. The highest BCUT2D eigenvalue weighted by molar-refractivity contribution is 5.90. The van der Waals surface area contributed by atoms with Crippen LogP contribution in [0.2, 0.25) is 0 Å². The molecule has 1 aliphatic rings. The van der Waals surface area contributed by atoms with Crippen molar-refractivity contribution in [2.75, 3.05) is 18.4 Å². The lowest BCUT2D eigenvalue weighted by Gasteiger charge is -2.30. The van der Waals surface area contributed by atoms with Gasteiger partial charge in [0.2, 0.25) is 5.91 Å². The van der Waals surface area contributed by atoms with Crippen molar-refractivity contribution >= 4 is 17.6 Å². The fraction of sp³-hybridized carbons (Fsp3) is 0.440. The van der Waals surface area contributed by atoms with Crippen molar-refractivity contribution in [1.29, 1.82) is 0 Å². The van der Waals surface area contributed by atoms with Crippen LogP contribution in [0.4, 0.5) is 14.9 Å². The summed E-state index contributed by atoms with van der Waals surface area (Å²) >= 11 is 0. The lowest BCUT2D eigenvalue weighted by molar-refractivity contribution is -0.127. The molecular formula is C25H32FN3O2. The van der Waals surface area contributed by atoms with Crippen LogP contribution in [0, 0.1) is 5.82 Å². The summed E-state index contributed by atoms with van der Waals surface area (Å²) in [6, 6.07) is 13.6. The van der Waals surface area contributed by atoms with Crippen molar-refractivity contribution in [2.45, 2.75) is 57.9 Å². The molecule has 0 radical (unpaired) electrons. The van der Waals surface area contributed by atoms with Gasteiger partial charge in [0.1, 0.15) is 5.82 Å². The molecule has 31 heavy (non-hydrogen) atoms. The number of amides is 3.